The molecule has 0 aromatic heterocycles. The van der Waals surface area contributed by atoms with Gasteiger partial charge in [0.15, 0.2) is 0 Å². The van der Waals surface area contributed by atoms with E-state index in [1.54, 1.807) is 0 Å². The summed E-state index contributed by atoms with van der Waals surface area (Å²) in [5.74, 6) is 0.733. The van der Waals surface area contributed by atoms with E-state index in [0.29, 0.717) is 0 Å². The maximum absolute atomic E-state index is 10.1. The molecule has 0 bridgehead atoms. The molecule has 0 saturated heterocycles. The molecule has 1 aliphatic rings. The zero-order valence-electron chi connectivity index (χ0n) is 7.25. The molecule has 0 aromatic rings. The van der Waals surface area contributed by atoms with Crippen LogP contribution in [0, 0.1) is 5.92 Å². The molecule has 1 N–H and O–H groups in total. The summed E-state index contributed by atoms with van der Waals surface area (Å²) in [6, 6.07) is 0. The van der Waals surface area contributed by atoms with Gasteiger partial charge in [-0.1, -0.05) is 32.1 Å². The van der Waals surface area contributed by atoms with Gasteiger partial charge in [-0.3, -0.25) is 0 Å². The normalized spacial score (nSPS) is 18.4. The molecular formula is C9H18O2. The van der Waals surface area contributed by atoms with Crippen LogP contribution in [0.25, 0.3) is 0 Å². The van der Waals surface area contributed by atoms with Crippen molar-refractivity contribution in [2.75, 3.05) is 7.11 Å². The number of aliphatic hydroxyl groups is 1. The molecule has 0 spiro atoms. The van der Waals surface area contributed by atoms with Gasteiger partial charge in [-0.25, -0.2) is 0 Å². The van der Waals surface area contributed by atoms with E-state index in [1.165, 1.54) is 32.1 Å². The molecule has 1 aliphatic carbocycles. The molecule has 66 valence electrons. The van der Waals surface area contributed by atoms with Crippen LogP contribution in [-0.2, 0) is 4.79 Å². The van der Waals surface area contributed by atoms with Crippen LogP contribution in [0.15, 0.2) is 0 Å². The van der Waals surface area contributed by atoms with E-state index in [0.717, 1.165) is 25.7 Å². The second-order valence-electron chi connectivity index (χ2n) is 2.91. The topological polar surface area (TPSA) is 37.3 Å². The summed E-state index contributed by atoms with van der Waals surface area (Å²) < 4.78 is 0. The van der Waals surface area contributed by atoms with Gasteiger partial charge in [0.1, 0.15) is 6.29 Å². The first-order valence-electron chi connectivity index (χ1n) is 4.32. The Bertz CT molecular complexity index is 85.6. The Morgan fingerprint density at radius 1 is 1.27 bits per heavy atom. The van der Waals surface area contributed by atoms with Crippen molar-refractivity contribution in [2.45, 2.75) is 38.5 Å². The van der Waals surface area contributed by atoms with Crippen molar-refractivity contribution < 1.29 is 9.90 Å². The van der Waals surface area contributed by atoms with Gasteiger partial charge in [0, 0.05) is 13.5 Å². The molecule has 1 saturated carbocycles. The molecule has 11 heavy (non-hydrogen) atoms. The number of carbonyl (C=O) groups is 1. The molecule has 1 fully saturated rings. The van der Waals surface area contributed by atoms with Crippen LogP contribution < -0.4 is 0 Å². The molecule has 0 heterocycles. The molecule has 0 aliphatic heterocycles. The van der Waals surface area contributed by atoms with Crippen LogP contribution in [-0.4, -0.2) is 18.5 Å². The third-order valence-electron chi connectivity index (χ3n) is 2.15. The molecule has 1 rings (SSSR count). The summed E-state index contributed by atoms with van der Waals surface area (Å²) >= 11 is 0. The lowest BCUT2D eigenvalue weighted by molar-refractivity contribution is -0.108. The Kier molecular flexibility index (Phi) is 7.47. The molecule has 0 aromatic carbocycles. The molecular weight excluding hydrogens is 140 g/mol. The van der Waals surface area contributed by atoms with Gasteiger partial charge in [-0.15, -0.1) is 0 Å². The highest BCUT2D eigenvalue weighted by atomic mass is 16.2. The van der Waals surface area contributed by atoms with Gasteiger partial charge in [0.25, 0.3) is 0 Å². The summed E-state index contributed by atoms with van der Waals surface area (Å²) in [6.07, 6.45) is 8.53. The predicted molar refractivity (Wildman–Crippen MR) is 45.4 cm³/mol. The number of aldehydes is 1. The van der Waals surface area contributed by atoms with E-state index in [9.17, 15) is 4.79 Å². The fraction of sp³-hybridized carbons (Fsp3) is 0.889. The summed E-state index contributed by atoms with van der Waals surface area (Å²) in [6.45, 7) is 0. The maximum Gasteiger partial charge on any atom is 0.120 e. The van der Waals surface area contributed by atoms with Crippen LogP contribution in [0.4, 0.5) is 0 Å². The van der Waals surface area contributed by atoms with Gasteiger partial charge < -0.3 is 9.90 Å². The van der Waals surface area contributed by atoms with E-state index in [4.69, 9.17) is 5.11 Å². The highest BCUT2D eigenvalue weighted by molar-refractivity contribution is 5.49. The summed E-state index contributed by atoms with van der Waals surface area (Å²) in [5, 5.41) is 7.00. The first kappa shape index (κ1) is 10.6. The lowest BCUT2D eigenvalue weighted by atomic mass is 9.87. The largest absolute Gasteiger partial charge is 0.400 e. The van der Waals surface area contributed by atoms with Crippen LogP contribution in [0.3, 0.4) is 0 Å². The number of carbonyl (C=O) groups excluding carboxylic acids is 1. The second-order valence-corrected chi connectivity index (χ2v) is 2.91. The number of hydrogen-bond acceptors (Lipinski definition) is 2. The zero-order valence-corrected chi connectivity index (χ0v) is 7.25. The van der Waals surface area contributed by atoms with Crippen LogP contribution >= 0.6 is 0 Å². The van der Waals surface area contributed by atoms with Crippen molar-refractivity contribution in [1.29, 1.82) is 0 Å². The maximum atomic E-state index is 10.1. The van der Waals surface area contributed by atoms with Crippen molar-refractivity contribution in [2.24, 2.45) is 5.92 Å². The Hall–Kier alpha value is -0.370. The zero-order chi connectivity index (χ0) is 8.53. The molecule has 2 heteroatoms. The second kappa shape index (κ2) is 7.73. The minimum atomic E-state index is 0.733. The van der Waals surface area contributed by atoms with Crippen LogP contribution in [0.2, 0.25) is 0 Å². The summed E-state index contributed by atoms with van der Waals surface area (Å²) in [5.41, 5.74) is 0. The van der Waals surface area contributed by atoms with E-state index < -0.39 is 0 Å². The number of rotatable bonds is 2. The Labute approximate surface area is 68.6 Å². The van der Waals surface area contributed by atoms with Gasteiger partial charge >= 0.3 is 0 Å². The minimum Gasteiger partial charge on any atom is -0.400 e. The van der Waals surface area contributed by atoms with Crippen LogP contribution in [0.1, 0.15) is 38.5 Å². The fourth-order valence-electron chi connectivity index (χ4n) is 1.56. The lowest BCUT2D eigenvalue weighted by Gasteiger charge is -2.18. The van der Waals surface area contributed by atoms with Gasteiger partial charge in [0.05, 0.1) is 0 Å². The first-order chi connectivity index (χ1) is 5.43. The van der Waals surface area contributed by atoms with E-state index in [-0.39, 0.29) is 0 Å². The van der Waals surface area contributed by atoms with Crippen molar-refractivity contribution in [3.63, 3.8) is 0 Å². The van der Waals surface area contributed by atoms with E-state index in [1.807, 2.05) is 0 Å². The molecule has 0 radical (unpaired) electrons. The van der Waals surface area contributed by atoms with Crippen molar-refractivity contribution >= 4 is 6.29 Å². The highest BCUT2D eigenvalue weighted by Gasteiger charge is 2.11. The summed E-state index contributed by atoms with van der Waals surface area (Å²) in [4.78, 5) is 10.1. The van der Waals surface area contributed by atoms with Crippen molar-refractivity contribution in [3.8, 4) is 0 Å². The third kappa shape index (κ3) is 4.96. The molecule has 0 amide bonds. The fourth-order valence-corrected chi connectivity index (χ4v) is 1.56. The highest BCUT2D eigenvalue weighted by Crippen LogP contribution is 2.24. The summed E-state index contributed by atoms with van der Waals surface area (Å²) in [7, 11) is 1.00. The minimum absolute atomic E-state index is 0.733. The third-order valence-corrected chi connectivity index (χ3v) is 2.15. The van der Waals surface area contributed by atoms with Gasteiger partial charge in [0.2, 0.25) is 0 Å². The van der Waals surface area contributed by atoms with Gasteiger partial charge in [-0.2, -0.15) is 0 Å². The van der Waals surface area contributed by atoms with E-state index in [2.05, 4.69) is 0 Å². The Morgan fingerprint density at radius 3 is 2.27 bits per heavy atom. The quantitative estimate of drug-likeness (QED) is 0.622. The van der Waals surface area contributed by atoms with Crippen molar-refractivity contribution in [1.82, 2.24) is 0 Å². The smallest absolute Gasteiger partial charge is 0.120 e. The number of aliphatic hydroxyl groups excluding tert-OH is 1. The van der Waals surface area contributed by atoms with Crippen molar-refractivity contribution in [3.05, 3.63) is 0 Å². The SMILES string of the molecule is CO.O=CCC1CCCCC1. The van der Waals surface area contributed by atoms with Gasteiger partial charge in [-0.05, 0) is 5.92 Å². The average Bonchev–Trinajstić information content (AvgIpc) is 2.11. The Morgan fingerprint density at radius 2 is 1.82 bits per heavy atom. The Balaban J connectivity index is 0.000000461. The average molecular weight is 158 g/mol. The monoisotopic (exact) mass is 158 g/mol. The standard InChI is InChI=1S/C8H14O.CH4O/c9-7-6-8-4-2-1-3-5-8;1-2/h7-8H,1-6H2;2H,1H3. The molecule has 2 nitrogen and oxygen atoms in total. The number of hydrogen-bond donors (Lipinski definition) is 1. The first-order valence-corrected chi connectivity index (χ1v) is 4.32. The lowest BCUT2D eigenvalue weighted by Crippen LogP contribution is -2.05. The molecule has 0 atom stereocenters. The van der Waals surface area contributed by atoms with E-state index >= 15 is 0 Å². The molecule has 0 unspecified atom stereocenters. The van der Waals surface area contributed by atoms with Crippen LogP contribution in [0.5, 0.6) is 0 Å². The predicted octanol–water partition coefficient (Wildman–Crippen LogP) is 1.76.